The van der Waals surface area contributed by atoms with Gasteiger partial charge in [0.25, 0.3) is 0 Å². The molecule has 0 aromatic heterocycles. The first-order chi connectivity index (χ1) is 13.3. The number of carboxylic acid groups (broad SMARTS) is 1. The highest BCUT2D eigenvalue weighted by Gasteiger charge is 2.50. The van der Waals surface area contributed by atoms with Crippen molar-refractivity contribution in [1.82, 2.24) is 0 Å². The Labute approximate surface area is 161 Å². The van der Waals surface area contributed by atoms with Gasteiger partial charge in [0.1, 0.15) is 13.2 Å². The van der Waals surface area contributed by atoms with Crippen LogP contribution in [0, 0.1) is 0 Å². The van der Waals surface area contributed by atoms with Crippen molar-refractivity contribution in [3.8, 4) is 0 Å². The molecule has 0 aliphatic rings. The minimum absolute atomic E-state index is 0.149. The van der Waals surface area contributed by atoms with E-state index in [-0.39, 0.29) is 13.2 Å². The number of aliphatic hydroxyl groups is 2. The Bertz CT molecular complexity index is 805. The monoisotopic (exact) mass is 388 g/mol. The maximum atomic E-state index is 12.0. The van der Waals surface area contributed by atoms with Crippen molar-refractivity contribution in [2.24, 2.45) is 0 Å². The van der Waals surface area contributed by atoms with E-state index in [2.05, 4.69) is 0 Å². The largest absolute Gasteiger partial charge is 0.479 e. The molecule has 8 heteroatoms. The van der Waals surface area contributed by atoms with E-state index in [0.717, 1.165) is 0 Å². The Kier molecular flexibility index (Phi) is 7.25. The van der Waals surface area contributed by atoms with E-state index < -0.39 is 36.0 Å². The van der Waals surface area contributed by atoms with Crippen molar-refractivity contribution in [2.45, 2.75) is 31.3 Å². The van der Waals surface area contributed by atoms with Crippen LogP contribution < -0.4 is 0 Å². The molecule has 0 aliphatic carbocycles. The highest BCUT2D eigenvalue weighted by molar-refractivity contribution is 5.91. The zero-order chi connectivity index (χ0) is 20.6. The molecule has 2 aromatic carbocycles. The van der Waals surface area contributed by atoms with Crippen LogP contribution in [0.3, 0.4) is 0 Å². The van der Waals surface area contributed by atoms with Gasteiger partial charge in [0.2, 0.25) is 5.60 Å². The number of carbonyl (C=O) groups excluding carboxylic acids is 2. The van der Waals surface area contributed by atoms with Gasteiger partial charge in [-0.2, -0.15) is 0 Å². The van der Waals surface area contributed by atoms with Crippen molar-refractivity contribution in [1.29, 1.82) is 0 Å². The summed E-state index contributed by atoms with van der Waals surface area (Å²) in [6.45, 7) is -0.380. The number of benzene rings is 2. The first-order valence-electron chi connectivity index (χ1n) is 8.37. The molecule has 0 amide bonds. The number of carboxylic acids is 1. The third-order valence-electron chi connectivity index (χ3n) is 3.93. The van der Waals surface area contributed by atoms with Crippen LogP contribution in [0.15, 0.2) is 60.7 Å². The summed E-state index contributed by atoms with van der Waals surface area (Å²) in [4.78, 5) is 35.3. The van der Waals surface area contributed by atoms with Crippen LogP contribution in [-0.4, -0.2) is 44.9 Å². The molecule has 0 aliphatic heterocycles. The van der Waals surface area contributed by atoms with Crippen molar-refractivity contribution >= 4 is 17.9 Å². The van der Waals surface area contributed by atoms with Crippen molar-refractivity contribution in [3.63, 3.8) is 0 Å². The van der Waals surface area contributed by atoms with E-state index >= 15 is 0 Å². The summed E-state index contributed by atoms with van der Waals surface area (Å²) in [6.07, 6.45) is -3.60. The summed E-state index contributed by atoms with van der Waals surface area (Å²) >= 11 is 0. The molecule has 0 saturated heterocycles. The number of rotatable bonds is 9. The maximum absolute atomic E-state index is 12.0. The van der Waals surface area contributed by atoms with Gasteiger partial charge in [-0.15, -0.1) is 0 Å². The van der Waals surface area contributed by atoms with E-state index in [1.807, 2.05) is 0 Å². The summed E-state index contributed by atoms with van der Waals surface area (Å²) in [7, 11) is 0. The predicted molar refractivity (Wildman–Crippen MR) is 95.7 cm³/mol. The third kappa shape index (κ3) is 5.63. The molecular formula is C20H20O8. The summed E-state index contributed by atoms with van der Waals surface area (Å²) in [5, 5.41) is 29.5. The molecule has 2 unspecified atom stereocenters. The van der Waals surface area contributed by atoms with Crippen LogP contribution >= 0.6 is 0 Å². The number of aliphatic carboxylic acids is 1. The van der Waals surface area contributed by atoms with Gasteiger partial charge in [-0.05, 0) is 11.1 Å². The van der Waals surface area contributed by atoms with Gasteiger partial charge in [0.15, 0.2) is 6.10 Å². The van der Waals surface area contributed by atoms with Gasteiger partial charge in [-0.25, -0.2) is 9.59 Å². The first kappa shape index (κ1) is 21.1. The molecule has 148 valence electrons. The smallest absolute Gasteiger partial charge is 0.339 e. The summed E-state index contributed by atoms with van der Waals surface area (Å²) in [5.41, 5.74) is -1.83. The molecule has 8 nitrogen and oxygen atoms in total. The van der Waals surface area contributed by atoms with E-state index in [1.165, 1.54) is 0 Å². The van der Waals surface area contributed by atoms with Crippen molar-refractivity contribution < 1.29 is 39.2 Å². The number of hydrogen-bond acceptors (Lipinski definition) is 7. The van der Waals surface area contributed by atoms with Crippen LogP contribution in [0.5, 0.6) is 0 Å². The summed E-state index contributed by atoms with van der Waals surface area (Å²) in [6, 6.07) is 17.1. The highest BCUT2D eigenvalue weighted by atomic mass is 16.6. The third-order valence-corrected chi connectivity index (χ3v) is 3.93. The molecule has 0 heterocycles. The fourth-order valence-corrected chi connectivity index (χ4v) is 2.30. The number of esters is 2. The molecule has 0 radical (unpaired) electrons. The average Bonchev–Trinajstić information content (AvgIpc) is 2.71. The zero-order valence-corrected chi connectivity index (χ0v) is 14.9. The lowest BCUT2D eigenvalue weighted by molar-refractivity contribution is -0.191. The van der Waals surface area contributed by atoms with Gasteiger partial charge in [-0.1, -0.05) is 60.7 Å². The second-order valence-corrected chi connectivity index (χ2v) is 6.05. The Morgan fingerprint density at radius 2 is 1.32 bits per heavy atom. The average molecular weight is 388 g/mol. The van der Waals surface area contributed by atoms with Crippen LogP contribution in [-0.2, 0) is 37.1 Å². The lowest BCUT2D eigenvalue weighted by Crippen LogP contribution is -2.55. The first-order valence-corrected chi connectivity index (χ1v) is 8.37. The molecule has 3 N–H and O–H groups in total. The van der Waals surface area contributed by atoms with Gasteiger partial charge >= 0.3 is 17.9 Å². The molecule has 2 aromatic rings. The highest BCUT2D eigenvalue weighted by Crippen LogP contribution is 2.20. The molecule has 0 fully saturated rings. The number of ether oxygens (including phenoxy) is 2. The van der Waals surface area contributed by atoms with Gasteiger partial charge < -0.3 is 24.8 Å². The Morgan fingerprint density at radius 3 is 1.79 bits per heavy atom. The lowest BCUT2D eigenvalue weighted by atomic mass is 9.92. The SMILES string of the molecule is O=C(CC(O)(C(=O)O)C(O)C(=O)OCc1ccccc1)OCc1ccccc1. The Morgan fingerprint density at radius 1 is 0.857 bits per heavy atom. The minimum atomic E-state index is -3.08. The lowest BCUT2D eigenvalue weighted by Gasteiger charge is -2.26. The molecule has 2 atom stereocenters. The minimum Gasteiger partial charge on any atom is -0.479 e. The molecular weight excluding hydrogens is 368 g/mol. The van der Waals surface area contributed by atoms with E-state index in [0.29, 0.717) is 11.1 Å². The predicted octanol–water partition coefficient (Wildman–Crippen LogP) is 1.04. The number of aliphatic hydroxyl groups excluding tert-OH is 1. The van der Waals surface area contributed by atoms with Gasteiger partial charge in [-0.3, -0.25) is 4.79 Å². The Hall–Kier alpha value is -3.23. The second kappa shape index (κ2) is 9.63. The van der Waals surface area contributed by atoms with Crippen LogP contribution in [0.4, 0.5) is 0 Å². The van der Waals surface area contributed by atoms with Crippen LogP contribution in [0.25, 0.3) is 0 Å². The van der Waals surface area contributed by atoms with Gasteiger partial charge in [0, 0.05) is 0 Å². The molecule has 0 bridgehead atoms. The van der Waals surface area contributed by atoms with Crippen LogP contribution in [0.1, 0.15) is 17.5 Å². The van der Waals surface area contributed by atoms with E-state index in [4.69, 9.17) is 9.47 Å². The number of hydrogen-bond donors (Lipinski definition) is 3. The Balaban J connectivity index is 1.97. The van der Waals surface area contributed by atoms with E-state index in [1.54, 1.807) is 60.7 Å². The van der Waals surface area contributed by atoms with E-state index in [9.17, 15) is 29.7 Å². The zero-order valence-electron chi connectivity index (χ0n) is 14.9. The van der Waals surface area contributed by atoms with Gasteiger partial charge in [0.05, 0.1) is 6.42 Å². The second-order valence-electron chi connectivity index (χ2n) is 6.05. The molecule has 2 rings (SSSR count). The topological polar surface area (TPSA) is 130 Å². The maximum Gasteiger partial charge on any atom is 0.339 e. The van der Waals surface area contributed by atoms with Crippen molar-refractivity contribution in [2.75, 3.05) is 0 Å². The standard InChI is InChI=1S/C20H20O8/c21-16(27-12-14-7-3-1-4-8-14)11-20(26,19(24)25)17(22)18(23)28-13-15-9-5-2-6-10-15/h1-10,17,22,26H,11-13H2,(H,24,25). The molecule has 0 saturated carbocycles. The quantitative estimate of drug-likeness (QED) is 0.543. The normalized spacial score (nSPS) is 13.8. The summed E-state index contributed by atoms with van der Waals surface area (Å²) in [5.74, 6) is -4.42. The number of carbonyl (C=O) groups is 3. The van der Waals surface area contributed by atoms with Crippen LogP contribution in [0.2, 0.25) is 0 Å². The molecule has 28 heavy (non-hydrogen) atoms. The fraction of sp³-hybridized carbons (Fsp3) is 0.250. The fourth-order valence-electron chi connectivity index (χ4n) is 2.30. The summed E-state index contributed by atoms with van der Waals surface area (Å²) < 4.78 is 9.74. The molecule has 0 spiro atoms. The van der Waals surface area contributed by atoms with Crippen molar-refractivity contribution in [3.05, 3.63) is 71.8 Å².